The van der Waals surface area contributed by atoms with Crippen molar-refractivity contribution in [1.82, 2.24) is 20.0 Å². The van der Waals surface area contributed by atoms with E-state index in [9.17, 15) is 4.79 Å². The van der Waals surface area contributed by atoms with E-state index >= 15 is 0 Å². The lowest BCUT2D eigenvalue weighted by Gasteiger charge is -2.43. The van der Waals surface area contributed by atoms with Crippen LogP contribution in [0.1, 0.15) is 61.1 Å². The number of hydrogen-bond acceptors (Lipinski definition) is 7. The molecular formula is C33H43N5O4. The average Bonchev–Trinajstić information content (AvgIpc) is 3.61. The molecule has 0 spiro atoms. The Morgan fingerprint density at radius 1 is 1.14 bits per heavy atom. The number of hydrogen-bond donors (Lipinski definition) is 1. The smallest absolute Gasteiger partial charge is 0.252 e. The number of benzene rings is 2. The van der Waals surface area contributed by atoms with E-state index in [0.717, 1.165) is 53.3 Å². The number of aromatic nitrogens is 2. The van der Waals surface area contributed by atoms with E-state index in [1.165, 1.54) is 12.8 Å². The highest BCUT2D eigenvalue weighted by Crippen LogP contribution is 2.35. The summed E-state index contributed by atoms with van der Waals surface area (Å²) in [4.78, 5) is 18.7. The summed E-state index contributed by atoms with van der Waals surface area (Å²) >= 11 is 0. The molecule has 2 bridgehead atoms. The van der Waals surface area contributed by atoms with Crippen molar-refractivity contribution < 1.29 is 19.0 Å². The van der Waals surface area contributed by atoms with Crippen molar-refractivity contribution in [2.45, 2.75) is 70.6 Å². The van der Waals surface area contributed by atoms with E-state index in [4.69, 9.17) is 14.2 Å². The highest BCUT2D eigenvalue weighted by Gasteiger charge is 2.43. The lowest BCUT2D eigenvalue weighted by molar-refractivity contribution is -0.141. The van der Waals surface area contributed by atoms with E-state index in [1.54, 1.807) is 11.8 Å². The van der Waals surface area contributed by atoms with Gasteiger partial charge >= 0.3 is 0 Å². The van der Waals surface area contributed by atoms with E-state index in [1.807, 2.05) is 59.3 Å². The Morgan fingerprint density at radius 2 is 1.90 bits per heavy atom. The van der Waals surface area contributed by atoms with Gasteiger partial charge in [-0.15, -0.1) is 0 Å². The van der Waals surface area contributed by atoms with Gasteiger partial charge in [-0.2, -0.15) is 5.10 Å². The zero-order valence-corrected chi connectivity index (χ0v) is 25.6. The topological polar surface area (TPSA) is 81.1 Å². The second-order valence-electron chi connectivity index (χ2n) is 12.5. The number of ether oxygens (including phenoxy) is 3. The lowest BCUT2D eigenvalue weighted by Crippen LogP contribution is -2.55. The summed E-state index contributed by atoms with van der Waals surface area (Å²) < 4.78 is 19.3. The first kappa shape index (κ1) is 28.7. The van der Waals surface area contributed by atoms with Gasteiger partial charge in [0.2, 0.25) is 0 Å². The third-order valence-corrected chi connectivity index (χ3v) is 9.00. The molecule has 1 aromatic heterocycles. The van der Waals surface area contributed by atoms with E-state index < -0.39 is 5.79 Å². The van der Waals surface area contributed by atoms with Crippen LogP contribution in [-0.4, -0.2) is 77.9 Å². The summed E-state index contributed by atoms with van der Waals surface area (Å²) in [6.07, 6.45) is 6.31. The molecule has 4 atom stereocenters. The fraction of sp³-hybridized carbons (Fsp3) is 0.515. The van der Waals surface area contributed by atoms with Gasteiger partial charge in [-0.25, -0.2) is 0 Å². The quantitative estimate of drug-likeness (QED) is 0.419. The van der Waals surface area contributed by atoms with Crippen molar-refractivity contribution in [2.75, 3.05) is 38.3 Å². The number of methoxy groups -OCH3 is 1. The molecule has 9 heteroatoms. The summed E-state index contributed by atoms with van der Waals surface area (Å²) in [6.45, 7) is 11.5. The first-order valence-electron chi connectivity index (χ1n) is 15.0. The Balaban J connectivity index is 1.15. The van der Waals surface area contributed by atoms with Crippen molar-refractivity contribution in [3.8, 4) is 16.9 Å². The fourth-order valence-corrected chi connectivity index (χ4v) is 6.72. The highest BCUT2D eigenvalue weighted by molar-refractivity contribution is 5.97. The molecule has 3 fully saturated rings. The lowest BCUT2D eigenvalue weighted by atomic mass is 10.0. The minimum absolute atomic E-state index is 0.0739. The Kier molecular flexibility index (Phi) is 7.76. The first-order chi connectivity index (χ1) is 20.1. The number of aryl methyl sites for hydroxylation is 2. The predicted octanol–water partition coefficient (Wildman–Crippen LogP) is 4.70. The van der Waals surface area contributed by atoms with Gasteiger partial charge in [0.25, 0.3) is 5.91 Å². The molecule has 3 aliphatic rings. The number of carbonyl (C=O) groups excluding carboxylic acids is 1. The van der Waals surface area contributed by atoms with Gasteiger partial charge in [0.1, 0.15) is 5.75 Å². The number of fused-ring (bicyclic) bond motifs is 2. The van der Waals surface area contributed by atoms with E-state index in [-0.39, 0.29) is 18.1 Å². The normalized spacial score (nSPS) is 24.1. The molecule has 4 heterocycles. The Morgan fingerprint density at radius 3 is 2.55 bits per heavy atom. The Bertz CT molecular complexity index is 1440. The molecule has 2 aromatic carbocycles. The minimum Gasteiger partial charge on any atom is -0.497 e. The molecule has 0 radical (unpaired) electrons. The first-order valence-corrected chi connectivity index (χ1v) is 15.0. The van der Waals surface area contributed by atoms with Crippen LogP contribution in [0.15, 0.2) is 48.8 Å². The van der Waals surface area contributed by atoms with Crippen molar-refractivity contribution in [3.05, 3.63) is 65.5 Å². The number of piperazine rings is 1. The van der Waals surface area contributed by atoms with Crippen LogP contribution >= 0.6 is 0 Å². The monoisotopic (exact) mass is 573 g/mol. The summed E-state index contributed by atoms with van der Waals surface area (Å²) in [5.74, 6) is 0.182. The molecule has 1 N–H and O–H groups in total. The second-order valence-corrected chi connectivity index (χ2v) is 12.5. The van der Waals surface area contributed by atoms with Crippen LogP contribution in [0.25, 0.3) is 11.1 Å². The third kappa shape index (κ3) is 5.91. The van der Waals surface area contributed by atoms with Gasteiger partial charge in [0.05, 0.1) is 32.1 Å². The molecule has 42 heavy (non-hydrogen) atoms. The van der Waals surface area contributed by atoms with Crippen LogP contribution in [0, 0.1) is 6.92 Å². The molecule has 3 saturated heterocycles. The van der Waals surface area contributed by atoms with Gasteiger partial charge in [-0.1, -0.05) is 6.07 Å². The number of carbonyl (C=O) groups is 1. The summed E-state index contributed by atoms with van der Waals surface area (Å²) in [6, 6.07) is 13.1. The van der Waals surface area contributed by atoms with Crippen LogP contribution in [0.3, 0.4) is 0 Å². The Labute approximate surface area is 248 Å². The van der Waals surface area contributed by atoms with Crippen LogP contribution in [0.5, 0.6) is 5.75 Å². The summed E-state index contributed by atoms with van der Waals surface area (Å²) in [5, 5.41) is 7.54. The maximum atomic E-state index is 13.6. The van der Waals surface area contributed by atoms with Gasteiger partial charge in [0, 0.05) is 61.8 Å². The molecular weight excluding hydrogens is 530 g/mol. The SMILES string of the molecule is COc1cc(-c2cnn(C)c2)cc([C@@H](C)NC(=O)c2cc(N3C[C@H]4CC[C@@H](C3)N4C[C@@H]3COC(C)(C)O3)ccc2C)c1. The van der Waals surface area contributed by atoms with Crippen molar-refractivity contribution in [3.63, 3.8) is 0 Å². The van der Waals surface area contributed by atoms with Gasteiger partial charge < -0.3 is 24.4 Å². The molecule has 6 rings (SSSR count). The van der Waals surface area contributed by atoms with Crippen LogP contribution in [0.4, 0.5) is 5.69 Å². The highest BCUT2D eigenvalue weighted by atomic mass is 16.7. The zero-order chi connectivity index (χ0) is 29.6. The summed E-state index contributed by atoms with van der Waals surface area (Å²) in [7, 11) is 3.56. The summed E-state index contributed by atoms with van der Waals surface area (Å²) in [5.41, 5.74) is 5.76. The third-order valence-electron chi connectivity index (χ3n) is 9.00. The van der Waals surface area contributed by atoms with Crippen molar-refractivity contribution >= 4 is 11.6 Å². The molecule has 9 nitrogen and oxygen atoms in total. The molecule has 0 aliphatic carbocycles. The molecule has 3 aliphatic heterocycles. The molecule has 0 saturated carbocycles. The number of anilines is 1. The molecule has 1 amide bonds. The van der Waals surface area contributed by atoms with Crippen LogP contribution in [0.2, 0.25) is 0 Å². The van der Waals surface area contributed by atoms with E-state index in [0.29, 0.717) is 24.3 Å². The van der Waals surface area contributed by atoms with E-state index in [2.05, 4.69) is 44.5 Å². The van der Waals surface area contributed by atoms with Crippen LogP contribution < -0.4 is 15.0 Å². The van der Waals surface area contributed by atoms with Crippen molar-refractivity contribution in [2.24, 2.45) is 7.05 Å². The number of nitrogens with zero attached hydrogens (tertiary/aromatic N) is 4. The number of rotatable bonds is 8. The maximum Gasteiger partial charge on any atom is 0.252 e. The second kappa shape index (κ2) is 11.4. The average molecular weight is 574 g/mol. The molecule has 224 valence electrons. The van der Waals surface area contributed by atoms with Crippen molar-refractivity contribution in [1.29, 1.82) is 0 Å². The maximum absolute atomic E-state index is 13.6. The van der Waals surface area contributed by atoms with Gasteiger partial charge in [-0.3, -0.25) is 14.4 Å². The van der Waals surface area contributed by atoms with Crippen LogP contribution in [-0.2, 0) is 16.5 Å². The number of nitrogens with one attached hydrogen (secondary N) is 1. The minimum atomic E-state index is -0.490. The van der Waals surface area contributed by atoms with Gasteiger partial charge in [-0.05, 0) is 87.6 Å². The molecule has 0 unspecified atom stereocenters. The Hall–Kier alpha value is -3.40. The zero-order valence-electron chi connectivity index (χ0n) is 25.6. The molecule has 3 aromatic rings. The standard InChI is InChI=1S/C33H43N5O4/c1-21-7-8-26(37-17-27-9-10-28(18-37)38(27)19-30-20-41-33(3,4)42-30)14-31(21)32(39)35-22(2)23-11-24(13-29(12-23)40-6)25-15-34-36(5)16-25/h7-8,11-16,22,27-28,30H,9-10,17-20H2,1-6H3,(H,35,39)/t22-,27-,28+,30-/m1/s1. The van der Waals surface area contributed by atoms with Gasteiger partial charge in [0.15, 0.2) is 5.79 Å². The number of amides is 1. The fourth-order valence-electron chi connectivity index (χ4n) is 6.72. The predicted molar refractivity (Wildman–Crippen MR) is 163 cm³/mol. The largest absolute Gasteiger partial charge is 0.497 e.